The highest BCUT2D eigenvalue weighted by molar-refractivity contribution is 7.99. The minimum atomic E-state index is -0.695. The Balaban J connectivity index is 2.94. The molecule has 0 radical (unpaired) electrons. The van der Waals surface area contributed by atoms with Crippen molar-refractivity contribution in [1.29, 1.82) is 0 Å². The molecule has 19 heavy (non-hydrogen) atoms. The smallest absolute Gasteiger partial charge is 0.274 e. The Kier molecular flexibility index (Phi) is 5.31. The molecule has 0 heterocycles. The summed E-state index contributed by atoms with van der Waals surface area (Å²) in [6, 6.07) is 4.18. The molecule has 0 bridgehead atoms. The number of aliphatic hydroxyl groups excluding tert-OH is 1. The molecule has 0 fully saturated rings. The number of hydrogen-bond acceptors (Lipinski definition) is 5. The van der Waals surface area contributed by atoms with Crippen LogP contribution in [-0.2, 0) is 5.75 Å². The summed E-state index contributed by atoms with van der Waals surface area (Å²) < 4.78 is 0. The fraction of sp³-hybridized carbons (Fsp3) is 0.417. The minimum Gasteiger partial charge on any atom is -0.392 e. The lowest BCUT2D eigenvalue weighted by Crippen LogP contribution is -2.15. The fourth-order valence-corrected chi connectivity index (χ4v) is 2.33. The van der Waals surface area contributed by atoms with Crippen molar-refractivity contribution >= 4 is 23.4 Å². The van der Waals surface area contributed by atoms with Gasteiger partial charge < -0.3 is 10.8 Å². The van der Waals surface area contributed by atoms with Gasteiger partial charge in [-0.25, -0.2) is 0 Å². The van der Waals surface area contributed by atoms with Crippen LogP contribution in [0.2, 0.25) is 0 Å². The van der Waals surface area contributed by atoms with E-state index < -0.39 is 16.9 Å². The Labute approximate surface area is 115 Å². The predicted octanol–water partition coefficient (Wildman–Crippen LogP) is 1.70. The molecule has 104 valence electrons. The standard InChI is InChI=1S/C12H16N2O4S/c1-7(15)8(2)19-6-10-4-3-9(12(13)16)5-11(10)14(17)18/h3-5,7-8,15H,6H2,1-2H3,(H2,13,16). The molecule has 1 amide bonds. The maximum Gasteiger partial charge on any atom is 0.274 e. The number of nitro groups is 1. The SMILES string of the molecule is CC(O)C(C)SCc1ccc(C(N)=O)cc1[N+](=O)[O-]. The zero-order chi connectivity index (χ0) is 14.6. The molecular weight excluding hydrogens is 268 g/mol. The van der Waals surface area contributed by atoms with Gasteiger partial charge in [-0.3, -0.25) is 14.9 Å². The normalized spacial score (nSPS) is 13.8. The Morgan fingerprint density at radius 2 is 2.16 bits per heavy atom. The fourth-order valence-electron chi connectivity index (χ4n) is 1.37. The number of amides is 1. The van der Waals surface area contributed by atoms with Crippen LogP contribution in [0.1, 0.15) is 29.8 Å². The maximum absolute atomic E-state index is 11.0. The molecule has 1 aromatic rings. The molecular formula is C12H16N2O4S. The molecule has 0 saturated carbocycles. The molecule has 0 saturated heterocycles. The molecule has 2 unspecified atom stereocenters. The van der Waals surface area contributed by atoms with Crippen LogP contribution in [0.3, 0.4) is 0 Å². The maximum atomic E-state index is 11.0. The third-order valence-corrected chi connectivity index (χ3v) is 4.14. The van der Waals surface area contributed by atoms with Crippen molar-refractivity contribution < 1.29 is 14.8 Å². The van der Waals surface area contributed by atoms with Gasteiger partial charge >= 0.3 is 0 Å². The summed E-state index contributed by atoms with van der Waals surface area (Å²) in [4.78, 5) is 21.4. The average molecular weight is 284 g/mol. The van der Waals surface area contributed by atoms with E-state index in [-0.39, 0.29) is 16.5 Å². The van der Waals surface area contributed by atoms with Crippen molar-refractivity contribution in [1.82, 2.24) is 0 Å². The first-order valence-corrected chi connectivity index (χ1v) is 6.74. The highest BCUT2D eigenvalue weighted by atomic mass is 32.2. The van der Waals surface area contributed by atoms with Gasteiger partial charge in [0.05, 0.1) is 11.0 Å². The highest BCUT2D eigenvalue weighted by Crippen LogP contribution is 2.27. The number of carbonyl (C=O) groups excluding carboxylic acids is 1. The minimum absolute atomic E-state index is 0.0320. The number of thioether (sulfide) groups is 1. The first-order chi connectivity index (χ1) is 8.82. The third kappa shape index (κ3) is 4.22. The van der Waals surface area contributed by atoms with Crippen molar-refractivity contribution in [2.24, 2.45) is 5.73 Å². The number of benzene rings is 1. The summed E-state index contributed by atoms with van der Waals surface area (Å²) in [7, 11) is 0. The van der Waals surface area contributed by atoms with Crippen LogP contribution in [0.25, 0.3) is 0 Å². The highest BCUT2D eigenvalue weighted by Gasteiger charge is 2.18. The van der Waals surface area contributed by atoms with Gasteiger partial charge in [0, 0.05) is 28.2 Å². The van der Waals surface area contributed by atoms with E-state index in [4.69, 9.17) is 5.73 Å². The van der Waals surface area contributed by atoms with E-state index in [0.717, 1.165) is 0 Å². The quantitative estimate of drug-likeness (QED) is 0.610. The van der Waals surface area contributed by atoms with Crippen molar-refractivity contribution in [2.75, 3.05) is 0 Å². The van der Waals surface area contributed by atoms with Gasteiger partial charge in [0.1, 0.15) is 0 Å². The first-order valence-electron chi connectivity index (χ1n) is 5.69. The number of rotatable bonds is 6. The molecule has 0 aliphatic rings. The first kappa shape index (κ1) is 15.5. The summed E-state index contributed by atoms with van der Waals surface area (Å²) in [6.45, 7) is 3.52. The molecule has 3 N–H and O–H groups in total. The summed E-state index contributed by atoms with van der Waals surface area (Å²) in [6.07, 6.45) is -0.492. The van der Waals surface area contributed by atoms with Crippen molar-refractivity contribution in [2.45, 2.75) is 31.0 Å². The molecule has 7 heteroatoms. The molecule has 2 atom stereocenters. The molecule has 0 aliphatic heterocycles. The van der Waals surface area contributed by atoms with E-state index in [1.165, 1.54) is 30.0 Å². The van der Waals surface area contributed by atoms with Gasteiger partial charge in [0.15, 0.2) is 0 Å². The summed E-state index contributed by atoms with van der Waals surface area (Å²) >= 11 is 1.41. The van der Waals surface area contributed by atoms with Gasteiger partial charge in [0.2, 0.25) is 5.91 Å². The lowest BCUT2D eigenvalue weighted by molar-refractivity contribution is -0.385. The van der Waals surface area contributed by atoms with Gasteiger partial charge in [-0.1, -0.05) is 13.0 Å². The Morgan fingerprint density at radius 3 is 2.63 bits per heavy atom. The van der Waals surface area contributed by atoms with Crippen molar-refractivity contribution in [3.63, 3.8) is 0 Å². The average Bonchev–Trinajstić information content (AvgIpc) is 2.35. The van der Waals surface area contributed by atoms with E-state index in [0.29, 0.717) is 11.3 Å². The topological polar surface area (TPSA) is 106 Å². The van der Waals surface area contributed by atoms with E-state index in [2.05, 4.69) is 0 Å². The Morgan fingerprint density at radius 1 is 1.53 bits per heavy atom. The van der Waals surface area contributed by atoms with E-state index >= 15 is 0 Å². The lowest BCUT2D eigenvalue weighted by atomic mass is 10.1. The molecule has 0 aromatic heterocycles. The number of nitrogens with two attached hydrogens (primary N) is 1. The zero-order valence-corrected chi connectivity index (χ0v) is 11.5. The number of aliphatic hydroxyl groups is 1. The van der Waals surface area contributed by atoms with E-state index in [1.54, 1.807) is 6.92 Å². The molecule has 6 nitrogen and oxygen atoms in total. The second-order valence-corrected chi connectivity index (χ2v) is 5.59. The Bertz CT molecular complexity index is 491. The van der Waals surface area contributed by atoms with Crippen LogP contribution < -0.4 is 5.73 Å². The number of primary amides is 1. The van der Waals surface area contributed by atoms with Crippen molar-refractivity contribution in [3.05, 3.63) is 39.4 Å². The molecule has 1 rings (SSSR count). The van der Waals surface area contributed by atoms with Gasteiger partial charge in [-0.15, -0.1) is 0 Å². The molecule has 1 aromatic carbocycles. The largest absolute Gasteiger partial charge is 0.392 e. The van der Waals surface area contributed by atoms with Gasteiger partial charge in [0.25, 0.3) is 5.69 Å². The summed E-state index contributed by atoms with van der Waals surface area (Å²) in [5.41, 5.74) is 5.59. The number of hydrogen-bond donors (Lipinski definition) is 2. The van der Waals surface area contributed by atoms with Gasteiger partial charge in [-0.05, 0) is 13.0 Å². The number of carbonyl (C=O) groups is 1. The zero-order valence-electron chi connectivity index (χ0n) is 10.7. The van der Waals surface area contributed by atoms with Crippen LogP contribution in [-0.4, -0.2) is 27.3 Å². The third-order valence-electron chi connectivity index (χ3n) is 2.75. The van der Waals surface area contributed by atoms with Crippen LogP contribution in [0, 0.1) is 10.1 Å². The summed E-state index contributed by atoms with van der Waals surface area (Å²) in [5.74, 6) is -0.304. The van der Waals surface area contributed by atoms with Gasteiger partial charge in [-0.2, -0.15) is 11.8 Å². The predicted molar refractivity (Wildman–Crippen MR) is 74.1 cm³/mol. The van der Waals surface area contributed by atoms with Crippen LogP contribution >= 0.6 is 11.8 Å². The van der Waals surface area contributed by atoms with Crippen LogP contribution in [0.5, 0.6) is 0 Å². The van der Waals surface area contributed by atoms with E-state index in [9.17, 15) is 20.0 Å². The van der Waals surface area contributed by atoms with Crippen LogP contribution in [0.15, 0.2) is 18.2 Å². The second-order valence-electron chi connectivity index (χ2n) is 4.22. The van der Waals surface area contributed by atoms with E-state index in [1.807, 2.05) is 6.92 Å². The molecule has 0 spiro atoms. The number of nitro benzene ring substituents is 1. The summed E-state index contributed by atoms with van der Waals surface area (Å²) in [5, 5.41) is 20.3. The second kappa shape index (κ2) is 6.53. The monoisotopic (exact) mass is 284 g/mol. The van der Waals surface area contributed by atoms with Crippen molar-refractivity contribution in [3.8, 4) is 0 Å². The molecule has 0 aliphatic carbocycles. The van der Waals surface area contributed by atoms with Crippen LogP contribution in [0.4, 0.5) is 5.69 Å². The lowest BCUT2D eigenvalue weighted by Gasteiger charge is -2.14. The number of nitrogens with zero attached hydrogens (tertiary/aromatic N) is 1. The Hall–Kier alpha value is -1.60.